The van der Waals surface area contributed by atoms with E-state index in [4.69, 9.17) is 0 Å². The molecule has 1 aromatic carbocycles. The van der Waals surface area contributed by atoms with Crippen molar-refractivity contribution >= 4 is 27.0 Å². The van der Waals surface area contributed by atoms with E-state index in [-0.39, 0.29) is 5.82 Å². The van der Waals surface area contributed by atoms with Crippen molar-refractivity contribution in [3.05, 3.63) is 28.7 Å². The van der Waals surface area contributed by atoms with Crippen molar-refractivity contribution in [1.29, 1.82) is 0 Å². The van der Waals surface area contributed by atoms with Crippen LogP contribution < -0.4 is 0 Å². The van der Waals surface area contributed by atoms with Crippen molar-refractivity contribution < 1.29 is 4.39 Å². The summed E-state index contributed by atoms with van der Waals surface area (Å²) < 4.78 is 15.7. The molecule has 0 aliphatic carbocycles. The second-order valence-corrected chi connectivity index (χ2v) is 3.87. The molecule has 2 nitrogen and oxygen atoms in total. The van der Waals surface area contributed by atoms with Gasteiger partial charge in [0.2, 0.25) is 0 Å². The number of benzene rings is 1. The van der Waals surface area contributed by atoms with Crippen molar-refractivity contribution in [2.75, 3.05) is 0 Å². The van der Waals surface area contributed by atoms with Gasteiger partial charge in [-0.15, -0.1) is 0 Å². The Morgan fingerprint density at radius 3 is 3.00 bits per heavy atom. The minimum absolute atomic E-state index is 0.220. The summed E-state index contributed by atoms with van der Waals surface area (Å²) >= 11 is 3.36. The van der Waals surface area contributed by atoms with Gasteiger partial charge in [0.15, 0.2) is 4.73 Å². The molecule has 0 atom stereocenters. The van der Waals surface area contributed by atoms with Crippen molar-refractivity contribution in [2.45, 2.75) is 19.9 Å². The minimum atomic E-state index is -0.220. The summed E-state index contributed by atoms with van der Waals surface area (Å²) in [6, 6.07) is 4.64. The summed E-state index contributed by atoms with van der Waals surface area (Å²) in [6.07, 6.45) is 1.00. The Balaban J connectivity index is 2.66. The Morgan fingerprint density at radius 2 is 2.29 bits per heavy atom. The van der Waals surface area contributed by atoms with Gasteiger partial charge in [-0.2, -0.15) is 0 Å². The number of nitrogens with zero attached hydrogens (tertiary/aromatic N) is 2. The molecule has 74 valence electrons. The minimum Gasteiger partial charge on any atom is -0.318 e. The van der Waals surface area contributed by atoms with Gasteiger partial charge in [0.05, 0.1) is 11.0 Å². The molecule has 0 bridgehead atoms. The number of halogens is 2. The molecular weight excluding hydrogens is 247 g/mol. The monoisotopic (exact) mass is 256 g/mol. The van der Waals surface area contributed by atoms with Gasteiger partial charge in [-0.05, 0) is 40.5 Å². The molecule has 0 saturated carbocycles. The molecule has 0 aliphatic rings. The Labute approximate surface area is 89.9 Å². The summed E-state index contributed by atoms with van der Waals surface area (Å²) in [7, 11) is 0. The molecule has 0 fully saturated rings. The van der Waals surface area contributed by atoms with Crippen molar-refractivity contribution in [2.24, 2.45) is 0 Å². The molecule has 2 rings (SSSR count). The normalized spacial score (nSPS) is 11.1. The van der Waals surface area contributed by atoms with Crippen LogP contribution >= 0.6 is 15.9 Å². The third-order valence-electron chi connectivity index (χ3n) is 2.11. The van der Waals surface area contributed by atoms with Crippen LogP contribution in [0.2, 0.25) is 0 Å². The van der Waals surface area contributed by atoms with Crippen LogP contribution in [0.15, 0.2) is 22.9 Å². The number of rotatable bonds is 2. The van der Waals surface area contributed by atoms with Gasteiger partial charge in [-0.1, -0.05) is 6.92 Å². The predicted molar refractivity (Wildman–Crippen MR) is 57.7 cm³/mol. The fourth-order valence-electron chi connectivity index (χ4n) is 1.50. The lowest BCUT2D eigenvalue weighted by Gasteiger charge is -2.02. The second kappa shape index (κ2) is 3.69. The van der Waals surface area contributed by atoms with E-state index in [9.17, 15) is 4.39 Å². The van der Waals surface area contributed by atoms with Crippen molar-refractivity contribution in [3.8, 4) is 0 Å². The van der Waals surface area contributed by atoms with Crippen molar-refractivity contribution in [3.63, 3.8) is 0 Å². The lowest BCUT2D eigenvalue weighted by atomic mass is 10.3. The van der Waals surface area contributed by atoms with Crippen LogP contribution in [0.4, 0.5) is 4.39 Å². The average molecular weight is 257 g/mol. The quantitative estimate of drug-likeness (QED) is 0.806. The first kappa shape index (κ1) is 9.65. The molecule has 14 heavy (non-hydrogen) atoms. The van der Waals surface area contributed by atoms with Crippen LogP contribution in [0.5, 0.6) is 0 Å². The van der Waals surface area contributed by atoms with Crippen LogP contribution in [0, 0.1) is 5.82 Å². The maximum absolute atomic E-state index is 13.0. The molecular formula is C10H10BrFN2. The molecule has 0 spiro atoms. The van der Waals surface area contributed by atoms with E-state index >= 15 is 0 Å². The van der Waals surface area contributed by atoms with Gasteiger partial charge < -0.3 is 4.57 Å². The summed E-state index contributed by atoms with van der Waals surface area (Å²) in [5.74, 6) is -0.220. The maximum atomic E-state index is 13.0. The smallest absolute Gasteiger partial charge is 0.178 e. The zero-order chi connectivity index (χ0) is 10.1. The SMILES string of the molecule is CCCn1c(Br)nc2ccc(F)cc21. The lowest BCUT2D eigenvalue weighted by molar-refractivity contribution is 0.626. The fraction of sp³-hybridized carbons (Fsp3) is 0.300. The van der Waals surface area contributed by atoms with Crippen LogP contribution in [-0.4, -0.2) is 9.55 Å². The highest BCUT2D eigenvalue weighted by Crippen LogP contribution is 2.21. The first-order valence-corrected chi connectivity index (χ1v) is 5.33. The van der Waals surface area contributed by atoms with Gasteiger partial charge in [-0.3, -0.25) is 0 Å². The Hall–Kier alpha value is -0.900. The van der Waals surface area contributed by atoms with E-state index < -0.39 is 0 Å². The first-order valence-electron chi connectivity index (χ1n) is 4.53. The number of hydrogen-bond acceptors (Lipinski definition) is 1. The van der Waals surface area contributed by atoms with Crippen LogP contribution in [-0.2, 0) is 6.54 Å². The number of aromatic nitrogens is 2. The van der Waals surface area contributed by atoms with E-state index in [1.165, 1.54) is 12.1 Å². The predicted octanol–water partition coefficient (Wildman–Crippen LogP) is 3.35. The summed E-state index contributed by atoms with van der Waals surface area (Å²) in [5, 5.41) is 0. The van der Waals surface area contributed by atoms with Gasteiger partial charge in [0, 0.05) is 6.54 Å². The summed E-state index contributed by atoms with van der Waals surface area (Å²) in [6.45, 7) is 2.93. The fourth-order valence-corrected chi connectivity index (χ4v) is 2.06. The standard InChI is InChI=1S/C10H10BrFN2/c1-2-5-14-9-6-7(12)3-4-8(9)13-10(14)11/h3-4,6H,2,5H2,1H3. The number of hydrogen-bond donors (Lipinski definition) is 0. The molecule has 0 saturated heterocycles. The number of fused-ring (bicyclic) bond motifs is 1. The largest absolute Gasteiger partial charge is 0.318 e. The van der Waals surface area contributed by atoms with Gasteiger partial charge in [-0.25, -0.2) is 9.37 Å². The van der Waals surface area contributed by atoms with Crippen LogP contribution in [0.25, 0.3) is 11.0 Å². The third-order valence-corrected chi connectivity index (χ3v) is 2.72. The molecule has 1 aromatic heterocycles. The Morgan fingerprint density at radius 1 is 1.50 bits per heavy atom. The van der Waals surface area contributed by atoms with Gasteiger partial charge >= 0.3 is 0 Å². The van der Waals surface area contributed by atoms with E-state index in [1.807, 2.05) is 4.57 Å². The Kier molecular flexibility index (Phi) is 2.54. The molecule has 0 N–H and O–H groups in total. The molecule has 0 aliphatic heterocycles. The van der Waals surface area contributed by atoms with E-state index in [0.29, 0.717) is 0 Å². The van der Waals surface area contributed by atoms with E-state index in [0.717, 1.165) is 28.7 Å². The summed E-state index contributed by atoms with van der Waals surface area (Å²) in [4.78, 5) is 4.29. The van der Waals surface area contributed by atoms with Crippen LogP contribution in [0.3, 0.4) is 0 Å². The highest BCUT2D eigenvalue weighted by Gasteiger charge is 2.07. The molecule has 0 amide bonds. The molecule has 0 unspecified atom stereocenters. The Bertz CT molecular complexity index is 464. The number of imidazole rings is 1. The lowest BCUT2D eigenvalue weighted by Crippen LogP contribution is -1.96. The zero-order valence-electron chi connectivity index (χ0n) is 7.80. The topological polar surface area (TPSA) is 17.8 Å². The van der Waals surface area contributed by atoms with E-state index in [2.05, 4.69) is 27.8 Å². The average Bonchev–Trinajstić information content (AvgIpc) is 2.45. The summed E-state index contributed by atoms with van der Waals surface area (Å²) in [5.41, 5.74) is 1.67. The molecule has 2 aromatic rings. The van der Waals surface area contributed by atoms with E-state index in [1.54, 1.807) is 6.07 Å². The van der Waals surface area contributed by atoms with Gasteiger partial charge in [0.25, 0.3) is 0 Å². The zero-order valence-corrected chi connectivity index (χ0v) is 9.38. The van der Waals surface area contributed by atoms with Gasteiger partial charge in [0.1, 0.15) is 5.82 Å². The maximum Gasteiger partial charge on any atom is 0.178 e. The highest BCUT2D eigenvalue weighted by molar-refractivity contribution is 9.10. The molecule has 4 heteroatoms. The first-order chi connectivity index (χ1) is 6.72. The molecule has 0 radical (unpaired) electrons. The second-order valence-electron chi connectivity index (χ2n) is 3.17. The highest BCUT2D eigenvalue weighted by atomic mass is 79.9. The number of aryl methyl sites for hydroxylation is 1. The third kappa shape index (κ3) is 1.54. The molecule has 1 heterocycles. The van der Waals surface area contributed by atoms with Crippen LogP contribution in [0.1, 0.15) is 13.3 Å². The van der Waals surface area contributed by atoms with Crippen molar-refractivity contribution in [1.82, 2.24) is 9.55 Å².